The van der Waals surface area contributed by atoms with Gasteiger partial charge in [-0.3, -0.25) is 4.55 Å². The molecule has 2 heterocycles. The maximum Gasteiger partial charge on any atom is 0.434 e. The normalized spacial score (nSPS) is 14.0. The standard InChI is InChI=1S/C14H8F3N3O4S/c15-14(16,17)13-12(25(22,23)24)6-19-20(13)11-3-1-2-8-9(11)4-5-18-10(8)7-21/h1-6,18H,(H,22,23,24). The Morgan fingerprint density at radius 2 is 2.00 bits per heavy atom. The van der Waals surface area contributed by atoms with Crippen LogP contribution in [0.5, 0.6) is 0 Å². The maximum absolute atomic E-state index is 13.4. The second-order valence-corrected chi connectivity index (χ2v) is 6.33. The van der Waals surface area contributed by atoms with Crippen molar-refractivity contribution in [3.05, 3.63) is 47.4 Å². The third-order valence-corrected chi connectivity index (χ3v) is 4.30. The zero-order valence-corrected chi connectivity index (χ0v) is 12.9. The molecule has 2 aromatic rings. The highest BCUT2D eigenvalue weighted by Crippen LogP contribution is 2.37. The average Bonchev–Trinajstić information content (AvgIpc) is 2.99. The van der Waals surface area contributed by atoms with Crippen LogP contribution in [0.1, 0.15) is 16.8 Å². The summed E-state index contributed by atoms with van der Waals surface area (Å²) in [4.78, 5) is 9.60. The van der Waals surface area contributed by atoms with Crippen molar-refractivity contribution in [3.63, 3.8) is 0 Å². The Labute approximate surface area is 138 Å². The zero-order valence-electron chi connectivity index (χ0n) is 12.1. The van der Waals surface area contributed by atoms with Crippen molar-refractivity contribution in [3.8, 4) is 5.69 Å². The van der Waals surface area contributed by atoms with Crippen molar-refractivity contribution in [1.82, 2.24) is 15.1 Å². The van der Waals surface area contributed by atoms with Gasteiger partial charge in [-0.25, -0.2) is 9.48 Å². The van der Waals surface area contributed by atoms with Gasteiger partial charge in [0.25, 0.3) is 10.1 Å². The lowest BCUT2D eigenvalue weighted by Crippen LogP contribution is -2.19. The number of hydrogen-bond acceptors (Lipinski definition) is 5. The highest BCUT2D eigenvalue weighted by atomic mass is 32.2. The van der Waals surface area contributed by atoms with Crippen LogP contribution in [0.15, 0.2) is 35.5 Å². The van der Waals surface area contributed by atoms with Crippen molar-refractivity contribution < 1.29 is 30.9 Å². The highest BCUT2D eigenvalue weighted by molar-refractivity contribution is 7.85. The molecule has 1 aliphatic heterocycles. The van der Waals surface area contributed by atoms with Crippen molar-refractivity contribution in [2.24, 2.45) is 0 Å². The molecule has 0 aliphatic carbocycles. The summed E-state index contributed by atoms with van der Waals surface area (Å²) in [6.07, 6.45) is -1.96. The van der Waals surface area contributed by atoms with Crippen molar-refractivity contribution in [2.75, 3.05) is 0 Å². The zero-order chi connectivity index (χ0) is 18.4. The smallest absolute Gasteiger partial charge is 0.352 e. The van der Waals surface area contributed by atoms with E-state index in [9.17, 15) is 26.4 Å². The topological polar surface area (TPSA) is 101 Å². The molecule has 1 aromatic heterocycles. The van der Waals surface area contributed by atoms with E-state index in [2.05, 4.69) is 10.4 Å². The number of nitrogens with one attached hydrogen (secondary N) is 1. The second-order valence-electron chi connectivity index (χ2n) is 4.94. The summed E-state index contributed by atoms with van der Waals surface area (Å²) < 4.78 is 72.1. The monoisotopic (exact) mass is 371 g/mol. The summed E-state index contributed by atoms with van der Waals surface area (Å²) in [6, 6.07) is 4.13. The molecule has 0 spiro atoms. The summed E-state index contributed by atoms with van der Waals surface area (Å²) in [5.74, 6) is 1.63. The Bertz CT molecular complexity index is 1050. The number of halogens is 3. The molecule has 1 aliphatic rings. The van der Waals surface area contributed by atoms with Crippen molar-refractivity contribution in [1.29, 1.82) is 0 Å². The highest BCUT2D eigenvalue weighted by Gasteiger charge is 2.42. The van der Waals surface area contributed by atoms with Gasteiger partial charge in [-0.2, -0.15) is 26.7 Å². The molecule has 0 saturated heterocycles. The first kappa shape index (κ1) is 17.0. The molecule has 0 bridgehead atoms. The molecule has 11 heteroatoms. The maximum atomic E-state index is 13.4. The van der Waals surface area contributed by atoms with Gasteiger partial charge in [0.2, 0.25) is 0 Å². The number of rotatable bonds is 2. The Balaban J connectivity index is 2.36. The predicted octanol–water partition coefficient (Wildman–Crippen LogP) is 1.88. The lowest BCUT2D eigenvalue weighted by Gasteiger charge is -2.18. The van der Waals surface area contributed by atoms with Gasteiger partial charge in [0.05, 0.1) is 11.9 Å². The summed E-state index contributed by atoms with van der Waals surface area (Å²) in [5.41, 5.74) is -1.28. The minimum Gasteiger partial charge on any atom is -0.352 e. The van der Waals surface area contributed by atoms with E-state index in [0.717, 1.165) is 0 Å². The van der Waals surface area contributed by atoms with Gasteiger partial charge in [-0.15, -0.1) is 0 Å². The number of fused-ring (bicyclic) bond motifs is 1. The van der Waals surface area contributed by atoms with E-state index in [4.69, 9.17) is 4.55 Å². The molecular formula is C14H8F3N3O4S. The Kier molecular flexibility index (Phi) is 3.79. The Morgan fingerprint density at radius 3 is 2.60 bits per heavy atom. The molecular weight excluding hydrogens is 363 g/mol. The first-order valence-electron chi connectivity index (χ1n) is 6.59. The van der Waals surface area contributed by atoms with E-state index in [1.54, 1.807) is 5.94 Å². The van der Waals surface area contributed by atoms with E-state index >= 15 is 0 Å². The fraction of sp³-hybridized carbons (Fsp3) is 0.0714. The molecule has 7 nitrogen and oxygen atoms in total. The van der Waals surface area contributed by atoms with Crippen LogP contribution < -0.4 is 5.32 Å². The van der Waals surface area contributed by atoms with E-state index < -0.39 is 26.9 Å². The minimum atomic E-state index is -5.14. The van der Waals surface area contributed by atoms with Gasteiger partial charge < -0.3 is 5.32 Å². The lowest BCUT2D eigenvalue weighted by atomic mass is 10.0. The molecule has 3 rings (SSSR count). The van der Waals surface area contributed by atoms with Gasteiger partial charge in [0.1, 0.15) is 10.6 Å². The summed E-state index contributed by atoms with van der Waals surface area (Å²) in [5, 5.41) is 6.08. The molecule has 130 valence electrons. The number of benzene rings is 1. The first-order valence-corrected chi connectivity index (χ1v) is 8.03. The molecule has 25 heavy (non-hydrogen) atoms. The number of nitrogens with zero attached hydrogens (tertiary/aromatic N) is 2. The number of hydrogen-bond donors (Lipinski definition) is 2. The summed E-state index contributed by atoms with van der Waals surface area (Å²) >= 11 is 0. The molecule has 1 aromatic carbocycles. The van der Waals surface area contributed by atoms with Gasteiger partial charge in [0.15, 0.2) is 11.6 Å². The van der Waals surface area contributed by atoms with Crippen LogP contribution in [-0.4, -0.2) is 28.7 Å². The summed E-state index contributed by atoms with van der Waals surface area (Å²) in [7, 11) is -5.14. The van der Waals surface area contributed by atoms with Crippen LogP contribution in [0.25, 0.3) is 17.5 Å². The van der Waals surface area contributed by atoms with Crippen LogP contribution in [0.2, 0.25) is 0 Å². The van der Waals surface area contributed by atoms with Gasteiger partial charge in [0, 0.05) is 17.3 Å². The van der Waals surface area contributed by atoms with Crippen LogP contribution in [0.4, 0.5) is 13.2 Å². The van der Waals surface area contributed by atoms with E-state index in [1.807, 2.05) is 0 Å². The van der Waals surface area contributed by atoms with Gasteiger partial charge >= 0.3 is 6.18 Å². The first-order chi connectivity index (χ1) is 11.6. The fourth-order valence-corrected chi connectivity index (χ4v) is 3.09. The number of alkyl halides is 3. The molecule has 0 atom stereocenters. The van der Waals surface area contributed by atoms with Crippen LogP contribution in [-0.2, 0) is 21.1 Å². The summed E-state index contributed by atoms with van der Waals surface area (Å²) in [6.45, 7) is 0. The van der Waals surface area contributed by atoms with Gasteiger partial charge in [-0.05, 0) is 12.1 Å². The SMILES string of the molecule is O=C=C1NC=Cc2c1cccc2-n1ncc(S(=O)(=O)O)c1C(F)(F)F. The van der Waals surface area contributed by atoms with Gasteiger partial charge in [-0.1, -0.05) is 12.1 Å². The third-order valence-electron chi connectivity index (χ3n) is 3.44. The molecule has 0 saturated carbocycles. The molecule has 0 unspecified atom stereocenters. The van der Waals surface area contributed by atoms with Crippen molar-refractivity contribution in [2.45, 2.75) is 11.1 Å². The fourth-order valence-electron chi connectivity index (χ4n) is 2.47. The average molecular weight is 371 g/mol. The Morgan fingerprint density at radius 1 is 1.28 bits per heavy atom. The molecule has 0 fully saturated rings. The predicted molar refractivity (Wildman–Crippen MR) is 79.7 cm³/mol. The minimum absolute atomic E-state index is 0.00932. The van der Waals surface area contributed by atoms with Crippen molar-refractivity contribution >= 4 is 27.8 Å². The largest absolute Gasteiger partial charge is 0.434 e. The quantitative estimate of drug-likeness (QED) is 0.618. The Hall–Kier alpha value is -2.88. The second kappa shape index (κ2) is 5.59. The van der Waals surface area contributed by atoms with E-state index in [1.165, 1.54) is 30.5 Å². The van der Waals surface area contributed by atoms with E-state index in [-0.39, 0.29) is 22.5 Å². The van der Waals surface area contributed by atoms with Crippen LogP contribution >= 0.6 is 0 Å². The molecule has 0 radical (unpaired) electrons. The number of carbonyl (C=O) groups excluding carboxylic acids is 1. The van der Waals surface area contributed by atoms with E-state index in [0.29, 0.717) is 10.9 Å². The van der Waals surface area contributed by atoms with Crippen LogP contribution in [0.3, 0.4) is 0 Å². The lowest BCUT2D eigenvalue weighted by molar-refractivity contribution is -0.145. The molecule has 2 N–H and O–H groups in total. The third kappa shape index (κ3) is 2.84. The number of aromatic nitrogens is 2. The van der Waals surface area contributed by atoms with Crippen LogP contribution in [0, 0.1) is 0 Å². The molecule has 0 amide bonds.